The van der Waals surface area contributed by atoms with E-state index in [0.717, 1.165) is 24.0 Å². The van der Waals surface area contributed by atoms with Gasteiger partial charge in [0.15, 0.2) is 0 Å². The first kappa shape index (κ1) is 18.9. The summed E-state index contributed by atoms with van der Waals surface area (Å²) in [5, 5.41) is 2.92. The molecule has 3 rings (SSSR count). The summed E-state index contributed by atoms with van der Waals surface area (Å²) in [4.78, 5) is 12.5. The van der Waals surface area contributed by atoms with Crippen LogP contribution in [0.1, 0.15) is 34.3 Å². The lowest BCUT2D eigenvalue weighted by molar-refractivity contribution is 0.102. The Bertz CT molecular complexity index is 931. The Morgan fingerprint density at radius 2 is 1.65 bits per heavy atom. The molecule has 0 aliphatic carbocycles. The summed E-state index contributed by atoms with van der Waals surface area (Å²) in [6.45, 7) is 4.84. The molecule has 1 amide bonds. The number of nitrogens with zero attached hydrogens (tertiary/aromatic N) is 1. The van der Waals surface area contributed by atoms with Crippen LogP contribution in [0.3, 0.4) is 0 Å². The molecule has 1 N–H and O–H groups in total. The fourth-order valence-corrected chi connectivity index (χ4v) is 5.17. The number of amides is 1. The number of hydrogen-bond donors (Lipinski definition) is 1. The summed E-state index contributed by atoms with van der Waals surface area (Å²) in [5.74, 6) is -0.288. The zero-order valence-corrected chi connectivity index (χ0v) is 16.3. The maximum absolute atomic E-state index is 12.8. The monoisotopic (exact) mass is 392 g/mol. The van der Waals surface area contributed by atoms with E-state index < -0.39 is 10.0 Å². The van der Waals surface area contributed by atoms with E-state index in [9.17, 15) is 13.2 Å². The minimum absolute atomic E-state index is 0.0271. The van der Waals surface area contributed by atoms with E-state index in [0.29, 0.717) is 24.3 Å². The second-order valence-corrected chi connectivity index (χ2v) is 8.90. The van der Waals surface area contributed by atoms with E-state index in [1.165, 1.54) is 16.4 Å². The van der Waals surface area contributed by atoms with E-state index in [2.05, 4.69) is 5.32 Å². The Kier molecular flexibility index (Phi) is 5.37. The highest BCUT2D eigenvalue weighted by molar-refractivity contribution is 7.89. The Balaban J connectivity index is 1.89. The van der Waals surface area contributed by atoms with Gasteiger partial charge in [-0.25, -0.2) is 8.42 Å². The van der Waals surface area contributed by atoms with Crippen molar-refractivity contribution < 1.29 is 13.2 Å². The quantitative estimate of drug-likeness (QED) is 0.855. The molecular weight excluding hydrogens is 372 g/mol. The molecule has 1 aliphatic heterocycles. The lowest BCUT2D eigenvalue weighted by atomic mass is 10.1. The number of sulfonamides is 1. The molecule has 0 saturated carbocycles. The molecule has 1 aliphatic rings. The minimum atomic E-state index is -3.66. The Hall–Kier alpha value is -1.89. The second kappa shape index (κ2) is 7.39. The predicted octanol–water partition coefficient (Wildman–Crippen LogP) is 3.99. The van der Waals surface area contributed by atoms with Crippen molar-refractivity contribution in [2.24, 2.45) is 0 Å². The van der Waals surface area contributed by atoms with Crippen molar-refractivity contribution in [2.45, 2.75) is 31.6 Å². The first-order valence-corrected chi connectivity index (χ1v) is 10.3. The van der Waals surface area contributed by atoms with Gasteiger partial charge in [0.25, 0.3) is 5.91 Å². The fourth-order valence-electron chi connectivity index (χ4n) is 3.16. The standard InChI is InChI=1S/C19H21ClN2O3S/c1-13-9-14(2)11-15(10-13)19(23)21-16-5-6-17(20)18(12-16)26(24,25)22-7-3-4-8-22/h5-6,9-12H,3-4,7-8H2,1-2H3,(H,21,23). The van der Waals surface area contributed by atoms with Gasteiger partial charge in [-0.2, -0.15) is 4.31 Å². The average Bonchev–Trinajstić information content (AvgIpc) is 3.11. The normalized spacial score (nSPS) is 15.2. The van der Waals surface area contributed by atoms with Gasteiger partial charge in [-0.05, 0) is 57.0 Å². The molecule has 0 bridgehead atoms. The van der Waals surface area contributed by atoms with Crippen LogP contribution in [0.2, 0.25) is 5.02 Å². The lowest BCUT2D eigenvalue weighted by Gasteiger charge is -2.17. The number of aryl methyl sites for hydroxylation is 2. The third-order valence-electron chi connectivity index (χ3n) is 4.36. The van der Waals surface area contributed by atoms with Gasteiger partial charge in [0.05, 0.1) is 5.02 Å². The maximum atomic E-state index is 12.8. The van der Waals surface area contributed by atoms with E-state index in [1.54, 1.807) is 18.2 Å². The SMILES string of the molecule is Cc1cc(C)cc(C(=O)Nc2ccc(Cl)c(S(=O)(=O)N3CCCC3)c2)c1. The molecule has 1 saturated heterocycles. The molecule has 0 radical (unpaired) electrons. The molecule has 2 aromatic carbocycles. The van der Waals surface area contributed by atoms with Crippen molar-refractivity contribution in [3.63, 3.8) is 0 Å². The second-order valence-electron chi connectivity index (χ2n) is 6.59. The van der Waals surface area contributed by atoms with Crippen LogP contribution in [0, 0.1) is 13.8 Å². The molecule has 7 heteroatoms. The van der Waals surface area contributed by atoms with E-state index >= 15 is 0 Å². The summed E-state index contributed by atoms with van der Waals surface area (Å²) < 4.78 is 27.0. The maximum Gasteiger partial charge on any atom is 0.255 e. The van der Waals surface area contributed by atoms with Crippen LogP contribution in [0.4, 0.5) is 5.69 Å². The van der Waals surface area contributed by atoms with Crippen molar-refractivity contribution in [3.05, 3.63) is 58.1 Å². The number of rotatable bonds is 4. The molecule has 26 heavy (non-hydrogen) atoms. The van der Waals surface area contributed by atoms with Gasteiger partial charge in [0, 0.05) is 24.3 Å². The highest BCUT2D eigenvalue weighted by Gasteiger charge is 2.29. The van der Waals surface area contributed by atoms with Gasteiger partial charge >= 0.3 is 0 Å². The third-order valence-corrected chi connectivity index (χ3v) is 6.74. The van der Waals surface area contributed by atoms with Gasteiger partial charge in [-0.15, -0.1) is 0 Å². The molecule has 1 fully saturated rings. The molecule has 1 heterocycles. The van der Waals surface area contributed by atoms with Crippen LogP contribution >= 0.6 is 11.6 Å². The summed E-state index contributed by atoms with van der Waals surface area (Å²) >= 11 is 6.14. The Morgan fingerprint density at radius 1 is 1.04 bits per heavy atom. The summed E-state index contributed by atoms with van der Waals surface area (Å²) in [7, 11) is -3.66. The highest BCUT2D eigenvalue weighted by atomic mass is 35.5. The van der Waals surface area contributed by atoms with E-state index in [-0.39, 0.29) is 15.8 Å². The van der Waals surface area contributed by atoms with Crippen molar-refractivity contribution in [1.82, 2.24) is 4.31 Å². The number of halogens is 1. The summed E-state index contributed by atoms with van der Waals surface area (Å²) in [6.07, 6.45) is 1.69. The summed E-state index contributed by atoms with van der Waals surface area (Å²) in [6, 6.07) is 10.1. The van der Waals surface area contributed by atoms with Crippen LogP contribution in [0.5, 0.6) is 0 Å². The molecule has 2 aromatic rings. The first-order valence-electron chi connectivity index (χ1n) is 8.47. The molecule has 5 nitrogen and oxygen atoms in total. The van der Waals surface area contributed by atoms with Crippen LogP contribution < -0.4 is 5.32 Å². The molecule has 0 unspecified atom stereocenters. The largest absolute Gasteiger partial charge is 0.322 e. The van der Waals surface area contributed by atoms with Crippen molar-refractivity contribution in [3.8, 4) is 0 Å². The van der Waals surface area contributed by atoms with Crippen LogP contribution in [0.25, 0.3) is 0 Å². The molecule has 0 spiro atoms. The van der Waals surface area contributed by atoms with Gasteiger partial charge in [-0.3, -0.25) is 4.79 Å². The average molecular weight is 393 g/mol. The Labute approximate surface area is 159 Å². The van der Waals surface area contributed by atoms with Crippen molar-refractivity contribution >= 4 is 33.2 Å². The molecule has 0 aromatic heterocycles. The van der Waals surface area contributed by atoms with Gasteiger partial charge < -0.3 is 5.32 Å². The number of carbonyl (C=O) groups is 1. The van der Waals surface area contributed by atoms with Crippen molar-refractivity contribution in [2.75, 3.05) is 18.4 Å². The summed E-state index contributed by atoms with van der Waals surface area (Å²) in [5.41, 5.74) is 2.91. The van der Waals surface area contributed by atoms with Gasteiger partial charge in [0.2, 0.25) is 10.0 Å². The van der Waals surface area contributed by atoms with E-state index in [1.807, 2.05) is 19.9 Å². The highest BCUT2D eigenvalue weighted by Crippen LogP contribution is 2.29. The minimum Gasteiger partial charge on any atom is -0.322 e. The van der Waals surface area contributed by atoms with E-state index in [4.69, 9.17) is 11.6 Å². The predicted molar refractivity (Wildman–Crippen MR) is 103 cm³/mol. The van der Waals surface area contributed by atoms with Gasteiger partial charge in [-0.1, -0.05) is 28.8 Å². The fraction of sp³-hybridized carbons (Fsp3) is 0.316. The number of carbonyl (C=O) groups excluding carboxylic acids is 1. The lowest BCUT2D eigenvalue weighted by Crippen LogP contribution is -2.28. The number of hydrogen-bond acceptors (Lipinski definition) is 3. The van der Waals surface area contributed by atoms with Crippen LogP contribution in [-0.4, -0.2) is 31.7 Å². The molecule has 0 atom stereocenters. The smallest absolute Gasteiger partial charge is 0.255 e. The number of nitrogens with one attached hydrogen (secondary N) is 1. The Morgan fingerprint density at radius 3 is 2.27 bits per heavy atom. The zero-order valence-electron chi connectivity index (χ0n) is 14.8. The topological polar surface area (TPSA) is 66.5 Å². The van der Waals surface area contributed by atoms with Gasteiger partial charge in [0.1, 0.15) is 4.90 Å². The number of anilines is 1. The van der Waals surface area contributed by atoms with Crippen molar-refractivity contribution in [1.29, 1.82) is 0 Å². The van der Waals surface area contributed by atoms with Crippen LogP contribution in [0.15, 0.2) is 41.3 Å². The first-order chi connectivity index (χ1) is 12.3. The molecular formula is C19H21ClN2O3S. The molecule has 138 valence electrons. The van der Waals surface area contributed by atoms with Crippen LogP contribution in [-0.2, 0) is 10.0 Å². The zero-order chi connectivity index (χ0) is 18.9. The number of benzene rings is 2. The third kappa shape index (κ3) is 3.92.